The first-order chi connectivity index (χ1) is 14.2. The van der Waals surface area contributed by atoms with Crippen LogP contribution in [0.3, 0.4) is 0 Å². The summed E-state index contributed by atoms with van der Waals surface area (Å²) in [5.74, 6) is -0.416. The maximum absolute atomic E-state index is 13.3. The number of aromatic nitrogens is 2. The number of rotatable bonds is 7. The van der Waals surface area contributed by atoms with Crippen molar-refractivity contribution >= 4 is 11.6 Å². The number of hydrogen-bond donors (Lipinski definition) is 2. The number of hydrogen-bond acceptors (Lipinski definition) is 3. The normalized spacial score (nSPS) is 13.0. The fourth-order valence-electron chi connectivity index (χ4n) is 3.74. The van der Waals surface area contributed by atoms with Gasteiger partial charge in [-0.1, -0.05) is 18.2 Å². The Morgan fingerprint density at radius 3 is 2.55 bits per heavy atom. The molecule has 1 heterocycles. The van der Waals surface area contributed by atoms with Crippen molar-refractivity contribution in [3.63, 3.8) is 0 Å². The van der Waals surface area contributed by atoms with Crippen molar-refractivity contribution in [1.29, 1.82) is 0 Å². The monoisotopic (exact) mass is 392 g/mol. The van der Waals surface area contributed by atoms with E-state index < -0.39 is 0 Å². The molecule has 0 atom stereocenters. The van der Waals surface area contributed by atoms with Crippen LogP contribution in [-0.4, -0.2) is 28.8 Å². The average molecular weight is 392 g/mol. The minimum atomic E-state index is -0.281. The Bertz CT molecular complexity index is 967. The van der Waals surface area contributed by atoms with E-state index >= 15 is 0 Å². The van der Waals surface area contributed by atoms with Gasteiger partial charge < -0.3 is 10.6 Å². The van der Waals surface area contributed by atoms with Gasteiger partial charge in [0.2, 0.25) is 0 Å². The second kappa shape index (κ2) is 8.90. The van der Waals surface area contributed by atoms with Crippen LogP contribution in [0.1, 0.15) is 41.0 Å². The molecule has 5 nitrogen and oxygen atoms in total. The van der Waals surface area contributed by atoms with Gasteiger partial charge in [-0.3, -0.25) is 4.79 Å². The summed E-state index contributed by atoms with van der Waals surface area (Å²) in [5.41, 5.74) is 4.46. The number of nitrogens with one attached hydrogen (secondary N) is 2. The zero-order chi connectivity index (χ0) is 20.1. The molecule has 4 rings (SSSR count). The third-order valence-corrected chi connectivity index (χ3v) is 5.21. The molecule has 0 unspecified atom stereocenters. The summed E-state index contributed by atoms with van der Waals surface area (Å²) in [4.78, 5) is 12.8. The molecule has 150 valence electrons. The number of amides is 1. The first-order valence-electron chi connectivity index (χ1n) is 10.2. The number of benzene rings is 2. The van der Waals surface area contributed by atoms with E-state index in [9.17, 15) is 9.18 Å². The minimum Gasteiger partial charge on any atom is -0.385 e. The van der Waals surface area contributed by atoms with Gasteiger partial charge in [0.05, 0.1) is 5.69 Å². The Morgan fingerprint density at radius 1 is 1.00 bits per heavy atom. The second-order valence-electron chi connectivity index (χ2n) is 7.27. The number of halogens is 1. The van der Waals surface area contributed by atoms with Gasteiger partial charge >= 0.3 is 0 Å². The lowest BCUT2D eigenvalue weighted by molar-refractivity contribution is 0.0947. The number of anilines is 1. The fourth-order valence-corrected chi connectivity index (χ4v) is 3.74. The fraction of sp³-hybridized carbons (Fsp3) is 0.304. The molecule has 6 heteroatoms. The van der Waals surface area contributed by atoms with Gasteiger partial charge in [0.1, 0.15) is 5.82 Å². The van der Waals surface area contributed by atoms with Crippen LogP contribution in [0.5, 0.6) is 0 Å². The van der Waals surface area contributed by atoms with Gasteiger partial charge in [0, 0.05) is 30.0 Å². The Hall–Kier alpha value is -3.15. The first kappa shape index (κ1) is 19.2. The summed E-state index contributed by atoms with van der Waals surface area (Å²) < 4.78 is 15.1. The SMILES string of the molecule is O=C(NCCCNc1ccccc1)c1nn(-c2ccc(F)cc2)c2c1CCCC2. The maximum atomic E-state index is 13.3. The molecular formula is C23H25FN4O. The Balaban J connectivity index is 1.41. The Morgan fingerprint density at radius 2 is 1.76 bits per heavy atom. The molecule has 3 aromatic rings. The summed E-state index contributed by atoms with van der Waals surface area (Å²) >= 11 is 0. The molecular weight excluding hydrogens is 367 g/mol. The number of carbonyl (C=O) groups is 1. The quantitative estimate of drug-likeness (QED) is 0.595. The Labute approximate surface area is 169 Å². The van der Waals surface area contributed by atoms with E-state index in [0.29, 0.717) is 12.2 Å². The van der Waals surface area contributed by atoms with E-state index in [1.807, 2.05) is 30.3 Å². The van der Waals surface area contributed by atoms with Crippen LogP contribution < -0.4 is 10.6 Å². The third kappa shape index (κ3) is 4.47. The zero-order valence-corrected chi connectivity index (χ0v) is 16.3. The molecule has 0 bridgehead atoms. The van der Waals surface area contributed by atoms with Crippen molar-refractivity contribution in [3.05, 3.63) is 77.4 Å². The molecule has 0 radical (unpaired) electrons. The predicted molar refractivity (Wildman–Crippen MR) is 112 cm³/mol. The van der Waals surface area contributed by atoms with Crippen LogP contribution in [0.2, 0.25) is 0 Å². The molecule has 0 fully saturated rings. The maximum Gasteiger partial charge on any atom is 0.272 e. The lowest BCUT2D eigenvalue weighted by Crippen LogP contribution is -2.27. The largest absolute Gasteiger partial charge is 0.385 e. The summed E-state index contributed by atoms with van der Waals surface area (Å²) in [6.07, 6.45) is 4.69. The summed E-state index contributed by atoms with van der Waals surface area (Å²) in [5, 5.41) is 10.9. The van der Waals surface area contributed by atoms with Crippen LogP contribution in [0, 0.1) is 5.82 Å². The van der Waals surface area contributed by atoms with Crippen molar-refractivity contribution < 1.29 is 9.18 Å². The van der Waals surface area contributed by atoms with E-state index in [1.54, 1.807) is 16.8 Å². The average Bonchev–Trinajstić information content (AvgIpc) is 3.14. The van der Waals surface area contributed by atoms with Gasteiger partial charge in [-0.2, -0.15) is 5.10 Å². The molecule has 1 aliphatic carbocycles. The molecule has 0 aliphatic heterocycles. The zero-order valence-electron chi connectivity index (χ0n) is 16.3. The van der Waals surface area contributed by atoms with Crippen molar-refractivity contribution in [1.82, 2.24) is 15.1 Å². The molecule has 1 aliphatic rings. The van der Waals surface area contributed by atoms with E-state index in [-0.39, 0.29) is 11.7 Å². The topological polar surface area (TPSA) is 59.0 Å². The molecule has 2 aromatic carbocycles. The number of carbonyl (C=O) groups excluding carboxylic acids is 1. The number of nitrogens with zero attached hydrogens (tertiary/aromatic N) is 2. The molecule has 0 spiro atoms. The lowest BCUT2D eigenvalue weighted by atomic mass is 9.95. The highest BCUT2D eigenvalue weighted by atomic mass is 19.1. The lowest BCUT2D eigenvalue weighted by Gasteiger charge is -2.14. The highest BCUT2D eigenvalue weighted by Crippen LogP contribution is 2.27. The van der Waals surface area contributed by atoms with Gasteiger partial charge in [-0.25, -0.2) is 9.07 Å². The molecule has 2 N–H and O–H groups in total. The van der Waals surface area contributed by atoms with E-state index in [4.69, 9.17) is 0 Å². The summed E-state index contributed by atoms with van der Waals surface area (Å²) in [7, 11) is 0. The van der Waals surface area contributed by atoms with E-state index in [1.165, 1.54) is 12.1 Å². The highest BCUT2D eigenvalue weighted by Gasteiger charge is 2.25. The van der Waals surface area contributed by atoms with Crippen molar-refractivity contribution in [3.8, 4) is 5.69 Å². The Kier molecular flexibility index (Phi) is 5.89. The van der Waals surface area contributed by atoms with Gasteiger partial charge in [-0.05, 0) is 68.5 Å². The van der Waals surface area contributed by atoms with Gasteiger partial charge in [0.25, 0.3) is 5.91 Å². The van der Waals surface area contributed by atoms with Crippen molar-refractivity contribution in [2.75, 3.05) is 18.4 Å². The minimum absolute atomic E-state index is 0.135. The molecule has 29 heavy (non-hydrogen) atoms. The molecule has 0 saturated carbocycles. The van der Waals surface area contributed by atoms with Crippen molar-refractivity contribution in [2.24, 2.45) is 0 Å². The summed E-state index contributed by atoms with van der Waals surface area (Å²) in [6, 6.07) is 16.3. The van der Waals surface area contributed by atoms with E-state index in [2.05, 4.69) is 15.7 Å². The van der Waals surface area contributed by atoms with Crippen LogP contribution in [0.4, 0.5) is 10.1 Å². The van der Waals surface area contributed by atoms with Crippen LogP contribution in [-0.2, 0) is 12.8 Å². The van der Waals surface area contributed by atoms with Gasteiger partial charge in [-0.15, -0.1) is 0 Å². The molecule has 1 aromatic heterocycles. The highest BCUT2D eigenvalue weighted by molar-refractivity contribution is 5.94. The van der Waals surface area contributed by atoms with Crippen LogP contribution in [0.15, 0.2) is 54.6 Å². The molecule has 0 saturated heterocycles. The second-order valence-corrected chi connectivity index (χ2v) is 7.27. The smallest absolute Gasteiger partial charge is 0.272 e. The standard InChI is InChI=1S/C23H25FN4O/c24-17-11-13-19(14-12-17)28-21-10-5-4-9-20(21)22(27-28)23(29)26-16-6-15-25-18-7-2-1-3-8-18/h1-3,7-8,11-14,25H,4-6,9-10,15-16H2,(H,26,29). The van der Waals surface area contributed by atoms with Crippen molar-refractivity contribution in [2.45, 2.75) is 32.1 Å². The van der Waals surface area contributed by atoms with Crippen LogP contribution >= 0.6 is 0 Å². The summed E-state index contributed by atoms with van der Waals surface area (Å²) in [6.45, 7) is 1.36. The number of fused-ring (bicyclic) bond motifs is 1. The van der Waals surface area contributed by atoms with Crippen LogP contribution in [0.25, 0.3) is 5.69 Å². The molecule has 1 amide bonds. The van der Waals surface area contributed by atoms with E-state index in [0.717, 1.165) is 61.3 Å². The number of para-hydroxylation sites is 1. The van der Waals surface area contributed by atoms with Gasteiger partial charge in [0.15, 0.2) is 5.69 Å². The predicted octanol–water partition coefficient (Wildman–Crippen LogP) is 4.12. The third-order valence-electron chi connectivity index (χ3n) is 5.21. The first-order valence-corrected chi connectivity index (χ1v) is 10.2.